The van der Waals surface area contributed by atoms with E-state index < -0.39 is 0 Å². The Kier molecular flexibility index (Phi) is 4.53. The number of nitrogens with zero attached hydrogens (tertiary/aromatic N) is 4. The Bertz CT molecular complexity index is 973. The van der Waals surface area contributed by atoms with E-state index in [4.69, 9.17) is 0 Å². The second-order valence-electron chi connectivity index (χ2n) is 7.20. The van der Waals surface area contributed by atoms with E-state index in [1.807, 2.05) is 68.3 Å². The fourth-order valence-corrected chi connectivity index (χ4v) is 3.78. The largest absolute Gasteiger partial charge is 0.326 e. The predicted octanol–water partition coefficient (Wildman–Crippen LogP) is 2.16. The van der Waals surface area contributed by atoms with Gasteiger partial charge in [0.25, 0.3) is 0 Å². The first-order chi connectivity index (χ1) is 13.0. The molecule has 0 saturated carbocycles. The summed E-state index contributed by atoms with van der Waals surface area (Å²) >= 11 is 0. The molecule has 1 fully saturated rings. The number of amides is 1. The molecule has 3 aromatic rings. The highest BCUT2D eigenvalue weighted by Crippen LogP contribution is 2.29. The summed E-state index contributed by atoms with van der Waals surface area (Å²) < 4.78 is 3.67. The molecule has 0 radical (unpaired) electrons. The molecule has 0 bridgehead atoms. The van der Waals surface area contributed by atoms with Crippen LogP contribution in [0.5, 0.6) is 0 Å². The zero-order valence-corrected chi connectivity index (χ0v) is 15.8. The number of aromatic nitrogens is 4. The van der Waals surface area contributed by atoms with E-state index in [0.717, 1.165) is 34.9 Å². The van der Waals surface area contributed by atoms with Crippen molar-refractivity contribution in [2.24, 2.45) is 13.0 Å². The number of carbonyl (C=O) groups is 1. The van der Waals surface area contributed by atoms with Gasteiger partial charge in [0.05, 0.1) is 23.5 Å². The van der Waals surface area contributed by atoms with Crippen molar-refractivity contribution in [3.63, 3.8) is 0 Å². The highest BCUT2D eigenvalue weighted by molar-refractivity contribution is 5.93. The molecule has 27 heavy (non-hydrogen) atoms. The van der Waals surface area contributed by atoms with Crippen molar-refractivity contribution in [1.82, 2.24) is 24.9 Å². The maximum Gasteiger partial charge on any atom is 0.229 e. The van der Waals surface area contributed by atoms with Crippen LogP contribution >= 0.6 is 0 Å². The molecule has 2 aromatic heterocycles. The van der Waals surface area contributed by atoms with E-state index in [0.29, 0.717) is 6.54 Å². The molecule has 1 amide bonds. The normalized spacial score (nSPS) is 19.4. The number of nitrogens with one attached hydrogen (secondary N) is 2. The molecule has 2 N–H and O–H groups in total. The Hall–Kier alpha value is -2.93. The van der Waals surface area contributed by atoms with Crippen molar-refractivity contribution in [2.75, 3.05) is 18.4 Å². The molecular formula is C20H24N6O. The summed E-state index contributed by atoms with van der Waals surface area (Å²) in [6.07, 6.45) is 3.84. The third kappa shape index (κ3) is 3.50. The Balaban J connectivity index is 1.53. The number of rotatable bonds is 4. The Morgan fingerprint density at radius 3 is 2.81 bits per heavy atom. The zero-order valence-electron chi connectivity index (χ0n) is 15.8. The van der Waals surface area contributed by atoms with Crippen molar-refractivity contribution in [3.8, 4) is 5.69 Å². The smallest absolute Gasteiger partial charge is 0.229 e. The molecule has 1 aliphatic heterocycles. The van der Waals surface area contributed by atoms with Crippen LogP contribution in [-0.2, 0) is 11.8 Å². The molecule has 1 saturated heterocycles. The van der Waals surface area contributed by atoms with Gasteiger partial charge < -0.3 is 10.6 Å². The summed E-state index contributed by atoms with van der Waals surface area (Å²) in [6.45, 7) is 5.45. The van der Waals surface area contributed by atoms with Gasteiger partial charge in [0, 0.05) is 43.6 Å². The third-order valence-electron chi connectivity index (χ3n) is 5.07. The van der Waals surface area contributed by atoms with Crippen LogP contribution in [0.4, 0.5) is 5.69 Å². The molecule has 0 unspecified atom stereocenters. The standard InChI is InChI=1S/C20H24N6O/c1-13-7-14(2)26(24-13)17-6-4-5-16(8-17)23-20(27)19-11-21-10-18(19)15-9-22-25(3)12-15/h4-9,12,18-19,21H,10-11H2,1-3H3,(H,23,27)/t18-,19+/m1/s1. The second kappa shape index (κ2) is 7.00. The average Bonchev–Trinajstić information content (AvgIpc) is 3.34. The van der Waals surface area contributed by atoms with Gasteiger partial charge in [-0.3, -0.25) is 9.48 Å². The molecule has 7 nitrogen and oxygen atoms in total. The van der Waals surface area contributed by atoms with Crippen LogP contribution in [0.25, 0.3) is 5.69 Å². The molecule has 7 heteroatoms. The van der Waals surface area contributed by atoms with E-state index in [2.05, 4.69) is 20.8 Å². The number of carbonyl (C=O) groups excluding carboxylic acids is 1. The van der Waals surface area contributed by atoms with Gasteiger partial charge in [0.2, 0.25) is 5.91 Å². The van der Waals surface area contributed by atoms with E-state index >= 15 is 0 Å². The lowest BCUT2D eigenvalue weighted by Gasteiger charge is -2.17. The van der Waals surface area contributed by atoms with Crippen LogP contribution in [0.2, 0.25) is 0 Å². The number of hydrogen-bond acceptors (Lipinski definition) is 4. The SMILES string of the molecule is Cc1cc(C)n(-c2cccc(NC(=O)[C@H]3CNC[C@@H]3c3cnn(C)c3)c2)n1. The molecule has 140 valence electrons. The Morgan fingerprint density at radius 1 is 1.26 bits per heavy atom. The first kappa shape index (κ1) is 17.5. The topological polar surface area (TPSA) is 76.8 Å². The lowest BCUT2D eigenvalue weighted by molar-refractivity contribution is -0.119. The van der Waals surface area contributed by atoms with E-state index in [9.17, 15) is 4.79 Å². The molecule has 0 spiro atoms. The zero-order chi connectivity index (χ0) is 19.0. The van der Waals surface area contributed by atoms with Crippen LogP contribution in [-0.4, -0.2) is 38.6 Å². The number of aryl methyl sites for hydroxylation is 3. The first-order valence-electron chi connectivity index (χ1n) is 9.15. The molecule has 4 rings (SSSR count). The van der Waals surface area contributed by atoms with Gasteiger partial charge in [-0.25, -0.2) is 4.68 Å². The van der Waals surface area contributed by atoms with Crippen LogP contribution < -0.4 is 10.6 Å². The van der Waals surface area contributed by atoms with E-state index in [1.165, 1.54) is 0 Å². The van der Waals surface area contributed by atoms with Gasteiger partial charge in [-0.15, -0.1) is 0 Å². The lowest BCUT2D eigenvalue weighted by atomic mass is 9.90. The van der Waals surface area contributed by atoms with Gasteiger partial charge in [-0.05, 0) is 43.7 Å². The Morgan fingerprint density at radius 2 is 2.11 bits per heavy atom. The van der Waals surface area contributed by atoms with Gasteiger partial charge in [0.1, 0.15) is 0 Å². The summed E-state index contributed by atoms with van der Waals surface area (Å²) in [5, 5.41) is 15.2. The van der Waals surface area contributed by atoms with Crippen LogP contribution in [0.15, 0.2) is 42.7 Å². The minimum atomic E-state index is -0.119. The molecule has 2 atom stereocenters. The lowest BCUT2D eigenvalue weighted by Crippen LogP contribution is -2.28. The maximum atomic E-state index is 12.9. The fourth-order valence-electron chi connectivity index (χ4n) is 3.78. The minimum Gasteiger partial charge on any atom is -0.326 e. The molecular weight excluding hydrogens is 340 g/mol. The maximum absolute atomic E-state index is 12.9. The van der Waals surface area contributed by atoms with Crippen molar-refractivity contribution < 1.29 is 4.79 Å². The van der Waals surface area contributed by atoms with Crippen LogP contribution in [0.1, 0.15) is 22.9 Å². The van der Waals surface area contributed by atoms with Gasteiger partial charge >= 0.3 is 0 Å². The summed E-state index contributed by atoms with van der Waals surface area (Å²) in [5.41, 5.74) is 4.85. The van der Waals surface area contributed by atoms with Crippen LogP contribution in [0.3, 0.4) is 0 Å². The molecule has 1 aromatic carbocycles. The average molecular weight is 364 g/mol. The summed E-state index contributed by atoms with van der Waals surface area (Å²) in [6, 6.07) is 9.83. The summed E-state index contributed by atoms with van der Waals surface area (Å²) in [7, 11) is 1.89. The summed E-state index contributed by atoms with van der Waals surface area (Å²) in [4.78, 5) is 12.9. The van der Waals surface area contributed by atoms with Crippen LogP contribution in [0, 0.1) is 19.8 Å². The summed E-state index contributed by atoms with van der Waals surface area (Å²) in [5.74, 6) is 0.0452. The fraction of sp³-hybridized carbons (Fsp3) is 0.350. The molecule has 3 heterocycles. The van der Waals surface area contributed by atoms with Crippen molar-refractivity contribution in [2.45, 2.75) is 19.8 Å². The minimum absolute atomic E-state index is 0.0272. The van der Waals surface area contributed by atoms with Gasteiger partial charge in [-0.1, -0.05) is 6.07 Å². The van der Waals surface area contributed by atoms with Gasteiger partial charge in [-0.2, -0.15) is 10.2 Å². The number of hydrogen-bond donors (Lipinski definition) is 2. The van der Waals surface area contributed by atoms with E-state index in [1.54, 1.807) is 4.68 Å². The molecule has 0 aliphatic carbocycles. The number of anilines is 1. The van der Waals surface area contributed by atoms with Crippen molar-refractivity contribution in [3.05, 3.63) is 59.7 Å². The number of benzene rings is 1. The van der Waals surface area contributed by atoms with E-state index in [-0.39, 0.29) is 17.7 Å². The van der Waals surface area contributed by atoms with Gasteiger partial charge in [0.15, 0.2) is 0 Å². The van der Waals surface area contributed by atoms with Crippen molar-refractivity contribution >= 4 is 11.6 Å². The highest BCUT2D eigenvalue weighted by Gasteiger charge is 2.34. The molecule has 1 aliphatic rings. The highest BCUT2D eigenvalue weighted by atomic mass is 16.2. The van der Waals surface area contributed by atoms with Crippen molar-refractivity contribution in [1.29, 1.82) is 0 Å². The monoisotopic (exact) mass is 364 g/mol. The Labute approximate surface area is 158 Å². The third-order valence-corrected chi connectivity index (χ3v) is 5.07. The first-order valence-corrected chi connectivity index (χ1v) is 9.15. The second-order valence-corrected chi connectivity index (χ2v) is 7.20. The predicted molar refractivity (Wildman–Crippen MR) is 104 cm³/mol. The quantitative estimate of drug-likeness (QED) is 0.744.